The summed E-state index contributed by atoms with van der Waals surface area (Å²) in [4.78, 5) is 17.1. The number of carbonyl (C=O) groups is 1. The second kappa shape index (κ2) is 7.91. The predicted octanol–water partition coefficient (Wildman–Crippen LogP) is 3.59. The van der Waals surface area contributed by atoms with Gasteiger partial charge in [-0.1, -0.05) is 13.0 Å². The number of rotatable bonds is 5. The number of nitrogens with two attached hydrogens (primary N) is 1. The molecule has 1 aromatic carbocycles. The Bertz CT molecular complexity index is 566. The number of likely N-dealkylation sites (tertiary alicyclic amines) is 1. The Balaban J connectivity index is 1.57. The normalized spacial score (nSPS) is 21.3. The standard InChI is InChI=1S/C20H31N3O/c1-2-17-7-3-4-14-23(17)20(24)11-9-16-8-10-19(18(21)15-16)22-12-5-6-13-22/h8,10,15,17H,2-7,9,11-14,21H2,1H3. The highest BCUT2D eigenvalue weighted by Crippen LogP contribution is 2.28. The summed E-state index contributed by atoms with van der Waals surface area (Å²) in [5.41, 5.74) is 9.44. The number of hydrogen-bond acceptors (Lipinski definition) is 3. The number of aryl methyl sites for hydroxylation is 1. The van der Waals surface area contributed by atoms with Crippen molar-refractivity contribution in [3.8, 4) is 0 Å². The second-order valence-corrected chi connectivity index (χ2v) is 7.23. The van der Waals surface area contributed by atoms with E-state index in [0.29, 0.717) is 18.4 Å². The molecule has 3 rings (SSSR count). The molecule has 0 aliphatic carbocycles. The lowest BCUT2D eigenvalue weighted by atomic mass is 9.99. The lowest BCUT2D eigenvalue weighted by Crippen LogP contribution is -2.43. The Hall–Kier alpha value is -1.71. The van der Waals surface area contributed by atoms with Gasteiger partial charge in [-0.2, -0.15) is 0 Å². The first-order chi connectivity index (χ1) is 11.7. The third kappa shape index (κ3) is 3.85. The monoisotopic (exact) mass is 329 g/mol. The number of carbonyl (C=O) groups excluding carboxylic acids is 1. The zero-order chi connectivity index (χ0) is 16.9. The fourth-order valence-electron chi connectivity index (χ4n) is 4.15. The van der Waals surface area contributed by atoms with Crippen LogP contribution in [0.15, 0.2) is 18.2 Å². The van der Waals surface area contributed by atoms with Crippen LogP contribution in [0.1, 0.15) is 57.4 Å². The number of piperidine rings is 1. The van der Waals surface area contributed by atoms with E-state index in [1.807, 2.05) is 0 Å². The van der Waals surface area contributed by atoms with Gasteiger partial charge >= 0.3 is 0 Å². The van der Waals surface area contributed by atoms with Gasteiger partial charge in [0.15, 0.2) is 0 Å². The van der Waals surface area contributed by atoms with Crippen LogP contribution in [0.5, 0.6) is 0 Å². The van der Waals surface area contributed by atoms with E-state index in [1.54, 1.807) is 0 Å². The van der Waals surface area contributed by atoms with Crippen molar-refractivity contribution < 1.29 is 4.79 Å². The van der Waals surface area contributed by atoms with E-state index in [9.17, 15) is 4.79 Å². The van der Waals surface area contributed by atoms with E-state index in [-0.39, 0.29) is 0 Å². The summed E-state index contributed by atoms with van der Waals surface area (Å²) >= 11 is 0. The highest BCUT2D eigenvalue weighted by molar-refractivity contribution is 5.77. The highest BCUT2D eigenvalue weighted by atomic mass is 16.2. The summed E-state index contributed by atoms with van der Waals surface area (Å²) in [5, 5.41) is 0. The molecule has 2 aliphatic heterocycles. The quantitative estimate of drug-likeness (QED) is 0.840. The number of amides is 1. The molecule has 0 spiro atoms. The smallest absolute Gasteiger partial charge is 0.223 e. The van der Waals surface area contributed by atoms with E-state index in [1.165, 1.54) is 31.2 Å². The van der Waals surface area contributed by atoms with Crippen molar-refractivity contribution in [1.82, 2.24) is 4.90 Å². The Labute approximate surface area is 146 Å². The van der Waals surface area contributed by atoms with Crippen molar-refractivity contribution in [2.45, 2.75) is 64.3 Å². The van der Waals surface area contributed by atoms with Gasteiger partial charge in [-0.15, -0.1) is 0 Å². The van der Waals surface area contributed by atoms with E-state index < -0.39 is 0 Å². The maximum absolute atomic E-state index is 12.6. The molecule has 0 radical (unpaired) electrons. The van der Waals surface area contributed by atoms with Gasteiger partial charge in [-0.05, 0) is 62.6 Å². The summed E-state index contributed by atoms with van der Waals surface area (Å²) in [7, 11) is 0. The van der Waals surface area contributed by atoms with Crippen molar-refractivity contribution in [3.05, 3.63) is 23.8 Å². The lowest BCUT2D eigenvalue weighted by molar-refractivity contribution is -0.134. The molecule has 1 amide bonds. The van der Waals surface area contributed by atoms with Crippen molar-refractivity contribution in [3.63, 3.8) is 0 Å². The van der Waals surface area contributed by atoms with Crippen molar-refractivity contribution in [1.29, 1.82) is 0 Å². The molecule has 1 atom stereocenters. The molecular formula is C20H31N3O. The number of nitrogens with zero attached hydrogens (tertiary/aromatic N) is 2. The molecule has 4 nitrogen and oxygen atoms in total. The van der Waals surface area contributed by atoms with Crippen LogP contribution in [0.2, 0.25) is 0 Å². The molecule has 0 aromatic heterocycles. The predicted molar refractivity (Wildman–Crippen MR) is 100 cm³/mol. The molecule has 4 heteroatoms. The van der Waals surface area contributed by atoms with Gasteiger partial charge in [0.2, 0.25) is 5.91 Å². The summed E-state index contributed by atoms with van der Waals surface area (Å²) in [5.74, 6) is 0.309. The van der Waals surface area contributed by atoms with Gasteiger partial charge in [0.25, 0.3) is 0 Å². The summed E-state index contributed by atoms with van der Waals surface area (Å²) in [6, 6.07) is 6.80. The van der Waals surface area contributed by atoms with Crippen LogP contribution in [0.3, 0.4) is 0 Å². The lowest BCUT2D eigenvalue weighted by Gasteiger charge is -2.35. The molecule has 1 aromatic rings. The minimum absolute atomic E-state index is 0.309. The minimum atomic E-state index is 0.309. The third-order valence-electron chi connectivity index (χ3n) is 5.58. The largest absolute Gasteiger partial charge is 0.397 e. The van der Waals surface area contributed by atoms with Gasteiger partial charge in [-0.3, -0.25) is 4.79 Å². The van der Waals surface area contributed by atoms with Crippen LogP contribution in [0, 0.1) is 0 Å². The number of nitrogen functional groups attached to an aromatic ring is 1. The van der Waals surface area contributed by atoms with Gasteiger partial charge in [-0.25, -0.2) is 0 Å². The van der Waals surface area contributed by atoms with E-state index >= 15 is 0 Å². The van der Waals surface area contributed by atoms with E-state index in [4.69, 9.17) is 5.73 Å². The number of anilines is 2. The van der Waals surface area contributed by atoms with Crippen molar-refractivity contribution >= 4 is 17.3 Å². The van der Waals surface area contributed by atoms with Crippen LogP contribution >= 0.6 is 0 Å². The molecule has 2 saturated heterocycles. The summed E-state index contributed by atoms with van der Waals surface area (Å²) in [6.07, 6.45) is 8.54. The first-order valence-electron chi connectivity index (χ1n) is 9.62. The van der Waals surface area contributed by atoms with E-state index in [2.05, 4.69) is 34.9 Å². The van der Waals surface area contributed by atoms with Crippen molar-refractivity contribution in [2.75, 3.05) is 30.3 Å². The third-order valence-corrected chi connectivity index (χ3v) is 5.58. The molecule has 0 saturated carbocycles. The van der Waals surface area contributed by atoms with Gasteiger partial charge in [0.05, 0.1) is 11.4 Å². The fourth-order valence-corrected chi connectivity index (χ4v) is 4.15. The van der Waals surface area contributed by atoms with Crippen molar-refractivity contribution in [2.24, 2.45) is 0 Å². The second-order valence-electron chi connectivity index (χ2n) is 7.23. The topological polar surface area (TPSA) is 49.6 Å². The molecular weight excluding hydrogens is 298 g/mol. The van der Waals surface area contributed by atoms with Crippen LogP contribution < -0.4 is 10.6 Å². The summed E-state index contributed by atoms with van der Waals surface area (Å²) in [6.45, 7) is 5.34. The Morgan fingerprint density at radius 3 is 2.62 bits per heavy atom. The number of benzene rings is 1. The van der Waals surface area contributed by atoms with Crippen LogP contribution in [-0.4, -0.2) is 36.5 Å². The molecule has 24 heavy (non-hydrogen) atoms. The molecule has 2 aliphatic rings. The van der Waals surface area contributed by atoms with Gasteiger partial charge in [0.1, 0.15) is 0 Å². The maximum atomic E-state index is 12.6. The zero-order valence-corrected chi connectivity index (χ0v) is 15.0. The SMILES string of the molecule is CCC1CCCCN1C(=O)CCc1ccc(N2CCCC2)c(N)c1. The molecule has 132 valence electrons. The summed E-state index contributed by atoms with van der Waals surface area (Å²) < 4.78 is 0. The minimum Gasteiger partial charge on any atom is -0.397 e. The Morgan fingerprint density at radius 1 is 1.17 bits per heavy atom. The average molecular weight is 329 g/mol. The van der Waals surface area contributed by atoms with Crippen LogP contribution in [0.25, 0.3) is 0 Å². The average Bonchev–Trinajstić information content (AvgIpc) is 3.14. The highest BCUT2D eigenvalue weighted by Gasteiger charge is 2.24. The van der Waals surface area contributed by atoms with Crippen LogP contribution in [-0.2, 0) is 11.2 Å². The van der Waals surface area contributed by atoms with E-state index in [0.717, 1.165) is 50.3 Å². The first kappa shape index (κ1) is 17.1. The molecule has 0 bridgehead atoms. The van der Waals surface area contributed by atoms with Gasteiger partial charge < -0.3 is 15.5 Å². The number of hydrogen-bond donors (Lipinski definition) is 1. The molecule has 2 heterocycles. The Kier molecular flexibility index (Phi) is 5.64. The molecule has 1 unspecified atom stereocenters. The first-order valence-corrected chi connectivity index (χ1v) is 9.62. The molecule has 2 N–H and O–H groups in total. The van der Waals surface area contributed by atoms with Gasteiger partial charge in [0, 0.05) is 32.1 Å². The maximum Gasteiger partial charge on any atom is 0.223 e. The zero-order valence-electron chi connectivity index (χ0n) is 15.0. The fraction of sp³-hybridized carbons (Fsp3) is 0.650. The molecule has 2 fully saturated rings. The van der Waals surface area contributed by atoms with Crippen LogP contribution in [0.4, 0.5) is 11.4 Å². The Morgan fingerprint density at radius 2 is 1.92 bits per heavy atom.